The Morgan fingerprint density at radius 1 is 0.500 bits per heavy atom. The molecule has 0 aromatic rings. The van der Waals surface area contributed by atoms with Crippen LogP contribution in [-0.4, -0.2) is 10.9 Å². The molecular weight excluding hydrogens is 338 g/mol. The Hall–Kier alpha value is -0.980. The van der Waals surface area contributed by atoms with Crippen molar-refractivity contribution in [3.63, 3.8) is 0 Å². The van der Waals surface area contributed by atoms with E-state index >= 15 is 0 Å². The second-order valence-electron chi connectivity index (χ2n) is 9.83. The molecule has 0 aromatic carbocycles. The van der Waals surface area contributed by atoms with E-state index in [9.17, 15) is 0 Å². The molecule has 0 amide bonds. The average Bonchev–Trinajstić information content (AvgIpc) is 2.73. The fraction of sp³-hybridized carbons (Fsp3) is 0.778. The Morgan fingerprint density at radius 2 is 0.750 bits per heavy atom. The lowest BCUT2D eigenvalue weighted by atomic mass is 9.92. The molecule has 0 saturated heterocycles. The fourth-order valence-electron chi connectivity index (χ4n) is 3.51. The van der Waals surface area contributed by atoms with Crippen molar-refractivity contribution >= 4 is 0 Å². The highest BCUT2D eigenvalue weighted by Crippen LogP contribution is 2.38. The van der Waals surface area contributed by atoms with Crippen LogP contribution in [0.3, 0.4) is 0 Å². The Kier molecular flexibility index (Phi) is 14.7. The van der Waals surface area contributed by atoms with Gasteiger partial charge in [0.1, 0.15) is 0 Å². The van der Waals surface area contributed by atoms with Crippen LogP contribution < -0.4 is 0 Å². The van der Waals surface area contributed by atoms with E-state index in [1.54, 1.807) is 0 Å². The topological polar surface area (TPSA) is 3.24 Å². The van der Waals surface area contributed by atoms with Gasteiger partial charge in [-0.05, 0) is 54.6 Å². The molecule has 1 rings (SSSR count). The minimum atomic E-state index is 0.484. The first-order valence-electron chi connectivity index (χ1n) is 11.8. The fourth-order valence-corrected chi connectivity index (χ4v) is 3.51. The summed E-state index contributed by atoms with van der Waals surface area (Å²) in [6.07, 6.45) is 4.78. The molecule has 1 heteroatoms. The third-order valence-electron chi connectivity index (χ3n) is 4.41. The van der Waals surface area contributed by atoms with Crippen molar-refractivity contribution in [2.24, 2.45) is 29.6 Å². The molecule has 0 unspecified atom stereocenters. The molecule has 1 nitrogen and oxygen atoms in total. The molecule has 1 heterocycles. The lowest BCUT2D eigenvalue weighted by Gasteiger charge is -2.40. The number of hydrogen-bond donors (Lipinski definition) is 0. The summed E-state index contributed by atoms with van der Waals surface area (Å²) in [6.45, 7) is 33.7. The molecule has 0 aromatic heterocycles. The molecule has 1 aliphatic heterocycles. The van der Waals surface area contributed by atoms with Crippen molar-refractivity contribution < 1.29 is 0 Å². The molecular formula is C27H53N. The van der Waals surface area contributed by atoms with Gasteiger partial charge in [-0.3, -0.25) is 0 Å². The highest BCUT2D eigenvalue weighted by atomic mass is 15.2. The largest absolute Gasteiger partial charge is 0.345 e. The highest BCUT2D eigenvalue weighted by molar-refractivity contribution is 5.42. The Bertz CT molecular complexity index is 468. The van der Waals surface area contributed by atoms with Crippen molar-refractivity contribution in [1.29, 1.82) is 0 Å². The number of hydrogen-bond acceptors (Lipinski definition) is 1. The van der Waals surface area contributed by atoms with Crippen LogP contribution in [-0.2, 0) is 0 Å². The third-order valence-corrected chi connectivity index (χ3v) is 4.41. The van der Waals surface area contributed by atoms with Gasteiger partial charge >= 0.3 is 0 Å². The first kappa shape index (κ1) is 29.2. The lowest BCUT2D eigenvalue weighted by molar-refractivity contribution is 0.284. The molecule has 0 saturated carbocycles. The Morgan fingerprint density at radius 3 is 0.893 bits per heavy atom. The van der Waals surface area contributed by atoms with E-state index in [-0.39, 0.29) is 0 Å². The van der Waals surface area contributed by atoms with E-state index in [1.165, 1.54) is 22.5 Å². The standard InChI is InChI=1S/C21H37N.C4H10.C2H6/c1-13(2)18-11-12-19(14(3)4)21(16(7)8)22(17(9)10)20(18)15(5)6;1-4(2)3;1-2/h11-17H,1-10H3;4H,1-3H3;1-2H3. The minimum Gasteiger partial charge on any atom is -0.345 e. The molecule has 1 aliphatic rings. The summed E-state index contributed by atoms with van der Waals surface area (Å²) in [6, 6.07) is 0.484. The van der Waals surface area contributed by atoms with Gasteiger partial charge in [0, 0.05) is 17.4 Å². The molecule has 0 N–H and O–H groups in total. The molecule has 166 valence electrons. The smallest absolute Gasteiger partial charge is 0.0279 e. The summed E-state index contributed by atoms with van der Waals surface area (Å²) < 4.78 is 0. The normalized spacial score (nSPS) is 15.0. The Balaban J connectivity index is 0. The van der Waals surface area contributed by atoms with Gasteiger partial charge in [-0.15, -0.1) is 0 Å². The highest BCUT2D eigenvalue weighted by Gasteiger charge is 2.29. The SMILES string of the molecule is CC.CC(C)C.CC(C)C1=C(C(C)C)N(C(C)C)C(C(C)C)=C(C(C)C)C=C1. The summed E-state index contributed by atoms with van der Waals surface area (Å²) in [5.74, 6) is 3.00. The van der Waals surface area contributed by atoms with Crippen LogP contribution in [0.1, 0.15) is 104 Å². The van der Waals surface area contributed by atoms with Crippen LogP contribution in [0.15, 0.2) is 34.7 Å². The average molecular weight is 392 g/mol. The van der Waals surface area contributed by atoms with Crippen molar-refractivity contribution in [3.8, 4) is 0 Å². The molecule has 0 bridgehead atoms. The number of allylic oxidation sites excluding steroid dienone is 6. The van der Waals surface area contributed by atoms with Gasteiger partial charge in [0.05, 0.1) is 0 Å². The van der Waals surface area contributed by atoms with Gasteiger partial charge in [-0.1, -0.05) is 102 Å². The van der Waals surface area contributed by atoms with Gasteiger partial charge in [0.25, 0.3) is 0 Å². The van der Waals surface area contributed by atoms with Crippen LogP contribution in [0, 0.1) is 29.6 Å². The predicted molar refractivity (Wildman–Crippen MR) is 131 cm³/mol. The van der Waals surface area contributed by atoms with E-state index in [4.69, 9.17) is 0 Å². The zero-order valence-corrected chi connectivity index (χ0v) is 22.1. The monoisotopic (exact) mass is 391 g/mol. The zero-order valence-electron chi connectivity index (χ0n) is 22.1. The van der Waals surface area contributed by atoms with Gasteiger partial charge in [-0.25, -0.2) is 0 Å². The van der Waals surface area contributed by atoms with Gasteiger partial charge in [0.2, 0.25) is 0 Å². The van der Waals surface area contributed by atoms with Gasteiger partial charge < -0.3 is 4.90 Å². The summed E-state index contributed by atoms with van der Waals surface area (Å²) >= 11 is 0. The number of rotatable bonds is 5. The van der Waals surface area contributed by atoms with Crippen molar-refractivity contribution in [2.45, 2.75) is 110 Å². The maximum Gasteiger partial charge on any atom is 0.0279 e. The van der Waals surface area contributed by atoms with Crippen molar-refractivity contribution in [1.82, 2.24) is 4.90 Å². The molecule has 28 heavy (non-hydrogen) atoms. The molecule has 0 radical (unpaired) electrons. The second kappa shape index (κ2) is 14.1. The first-order chi connectivity index (χ1) is 12.8. The van der Waals surface area contributed by atoms with Crippen LogP contribution in [0.2, 0.25) is 0 Å². The second-order valence-corrected chi connectivity index (χ2v) is 9.83. The quantitative estimate of drug-likeness (QED) is 0.451. The minimum absolute atomic E-state index is 0.484. The summed E-state index contributed by atoms with van der Waals surface area (Å²) in [5, 5.41) is 0. The van der Waals surface area contributed by atoms with Crippen molar-refractivity contribution in [2.75, 3.05) is 0 Å². The molecule has 0 atom stereocenters. The van der Waals surface area contributed by atoms with Gasteiger partial charge in [0.15, 0.2) is 0 Å². The number of nitrogens with zero attached hydrogens (tertiary/aromatic N) is 1. The van der Waals surface area contributed by atoms with Crippen LogP contribution in [0.4, 0.5) is 0 Å². The maximum atomic E-state index is 2.64. The Labute approximate surface area is 179 Å². The summed E-state index contributed by atoms with van der Waals surface area (Å²) in [5.41, 5.74) is 6.02. The first-order valence-corrected chi connectivity index (χ1v) is 11.8. The third kappa shape index (κ3) is 9.01. The lowest BCUT2D eigenvalue weighted by Crippen LogP contribution is -2.35. The van der Waals surface area contributed by atoms with E-state index in [2.05, 4.69) is 107 Å². The van der Waals surface area contributed by atoms with Crippen molar-refractivity contribution in [3.05, 3.63) is 34.7 Å². The molecule has 0 aliphatic carbocycles. The maximum absolute atomic E-state index is 2.64. The molecule has 0 spiro atoms. The van der Waals surface area contributed by atoms with E-state index in [0.717, 1.165) is 5.92 Å². The van der Waals surface area contributed by atoms with Crippen LogP contribution in [0.25, 0.3) is 0 Å². The van der Waals surface area contributed by atoms with E-state index in [1.807, 2.05) is 13.8 Å². The predicted octanol–water partition coefficient (Wildman–Crippen LogP) is 9.09. The van der Waals surface area contributed by atoms with E-state index < -0.39 is 0 Å². The summed E-state index contributed by atoms with van der Waals surface area (Å²) in [7, 11) is 0. The van der Waals surface area contributed by atoms with E-state index in [0.29, 0.717) is 29.7 Å². The van der Waals surface area contributed by atoms with Crippen LogP contribution in [0.5, 0.6) is 0 Å². The van der Waals surface area contributed by atoms with Crippen LogP contribution >= 0.6 is 0 Å². The zero-order chi connectivity index (χ0) is 22.8. The molecule has 0 fully saturated rings. The summed E-state index contributed by atoms with van der Waals surface area (Å²) in [4.78, 5) is 2.64. The van der Waals surface area contributed by atoms with Gasteiger partial charge in [-0.2, -0.15) is 0 Å².